The normalized spacial score (nSPS) is 9.46. The number of benzene rings is 1. The number of hydrogen-bond donors (Lipinski definition) is 2. The van der Waals surface area contributed by atoms with Crippen molar-refractivity contribution in [3.63, 3.8) is 0 Å². The first-order chi connectivity index (χ1) is 10.9. The molecule has 1 rings (SSSR count). The monoisotopic (exact) mass is 370 g/mol. The third kappa shape index (κ3) is 29.6. The Bertz CT molecular complexity index is 449. The zero-order valence-corrected chi connectivity index (χ0v) is 17.8. The standard InChI is InChI=1S/C15H24O.C2H4.Na.H2O4S.H/c1-2-3-4-5-6-7-11-14-16-15-12-9-8-10-13-15;1-2;;1-5(2,3)4;/h8-10,12-13H,2-7,11,14H2,1H3;1-2H2;;(H2,1,2,3,4);/q;;+1;;-1. The van der Waals surface area contributed by atoms with Gasteiger partial charge >= 0.3 is 40.0 Å². The van der Waals surface area contributed by atoms with E-state index in [-0.39, 0.29) is 31.0 Å². The molecule has 0 aliphatic rings. The van der Waals surface area contributed by atoms with Gasteiger partial charge in [-0.2, -0.15) is 8.42 Å². The zero-order chi connectivity index (χ0) is 18.0. The Kier molecular flexibility index (Phi) is 24.5. The van der Waals surface area contributed by atoms with Crippen LogP contribution in [0.4, 0.5) is 0 Å². The van der Waals surface area contributed by atoms with Gasteiger partial charge in [0, 0.05) is 0 Å². The van der Waals surface area contributed by atoms with E-state index in [0.717, 1.165) is 12.4 Å². The van der Waals surface area contributed by atoms with Crippen molar-refractivity contribution >= 4 is 10.4 Å². The Labute approximate surface area is 170 Å². The van der Waals surface area contributed by atoms with E-state index in [1.807, 2.05) is 30.3 Å². The Hall–Kier alpha value is -0.370. The molecule has 0 saturated carbocycles. The minimum atomic E-state index is -4.67. The van der Waals surface area contributed by atoms with Crippen LogP contribution in [0.25, 0.3) is 0 Å². The third-order valence-electron chi connectivity index (χ3n) is 2.76. The van der Waals surface area contributed by atoms with Crippen LogP contribution in [0, 0.1) is 0 Å². The first kappa shape index (κ1) is 28.4. The van der Waals surface area contributed by atoms with Crippen LogP contribution in [0.3, 0.4) is 0 Å². The van der Waals surface area contributed by atoms with Crippen molar-refractivity contribution in [1.29, 1.82) is 0 Å². The number of ether oxygens (including phenoxy) is 1. The molecule has 0 unspecified atom stereocenters. The summed E-state index contributed by atoms with van der Waals surface area (Å²) in [6.45, 7) is 9.12. The maximum absolute atomic E-state index is 8.74. The van der Waals surface area contributed by atoms with Gasteiger partial charge in [0.25, 0.3) is 0 Å². The molecule has 0 atom stereocenters. The third-order valence-corrected chi connectivity index (χ3v) is 2.76. The van der Waals surface area contributed by atoms with E-state index in [1.54, 1.807) is 0 Å². The fraction of sp³-hybridized carbons (Fsp3) is 0.529. The molecule has 0 saturated heterocycles. The van der Waals surface area contributed by atoms with Gasteiger partial charge in [0.05, 0.1) is 6.61 Å². The Morgan fingerprint density at radius 3 is 1.83 bits per heavy atom. The second-order valence-corrected chi connectivity index (χ2v) is 5.63. The van der Waals surface area contributed by atoms with Gasteiger partial charge in [-0.1, -0.05) is 63.6 Å². The molecule has 5 nitrogen and oxygen atoms in total. The van der Waals surface area contributed by atoms with Crippen molar-refractivity contribution in [2.45, 2.75) is 51.9 Å². The molecule has 7 heteroatoms. The SMILES string of the molecule is C=C.CCCCCCCCCOc1ccccc1.O=S(=O)(O)O.[H-].[Na+]. The molecule has 0 aromatic heterocycles. The van der Waals surface area contributed by atoms with Gasteiger partial charge in [-0.15, -0.1) is 13.2 Å². The van der Waals surface area contributed by atoms with E-state index in [4.69, 9.17) is 22.3 Å². The molecule has 0 heterocycles. The van der Waals surface area contributed by atoms with E-state index < -0.39 is 10.4 Å². The predicted octanol–water partition coefficient (Wildman–Crippen LogP) is 2.08. The number of hydrogen-bond acceptors (Lipinski definition) is 3. The van der Waals surface area contributed by atoms with Crippen LogP contribution in [0.2, 0.25) is 0 Å². The molecule has 0 fully saturated rings. The minimum absolute atomic E-state index is 0. The van der Waals surface area contributed by atoms with Crippen molar-refractivity contribution in [2.24, 2.45) is 0 Å². The van der Waals surface area contributed by atoms with Gasteiger partial charge in [-0.3, -0.25) is 9.11 Å². The summed E-state index contributed by atoms with van der Waals surface area (Å²) >= 11 is 0. The second kappa shape index (κ2) is 20.7. The molecule has 0 spiro atoms. The predicted molar refractivity (Wildman–Crippen MR) is 96.5 cm³/mol. The van der Waals surface area contributed by atoms with E-state index >= 15 is 0 Å². The molecule has 0 aliphatic heterocycles. The molecule has 1 aromatic rings. The molecule has 0 amide bonds. The first-order valence-electron chi connectivity index (χ1n) is 7.81. The maximum atomic E-state index is 8.74. The summed E-state index contributed by atoms with van der Waals surface area (Å²) in [7, 11) is -4.67. The van der Waals surface area contributed by atoms with Crippen LogP contribution in [0.1, 0.15) is 53.3 Å². The largest absolute Gasteiger partial charge is 1.00 e. The fourth-order valence-corrected chi connectivity index (χ4v) is 1.77. The van der Waals surface area contributed by atoms with Gasteiger partial charge in [-0.05, 0) is 18.6 Å². The molecular weight excluding hydrogens is 339 g/mol. The van der Waals surface area contributed by atoms with Gasteiger partial charge in [0.15, 0.2) is 0 Å². The summed E-state index contributed by atoms with van der Waals surface area (Å²) in [5.41, 5.74) is 0. The average molecular weight is 370 g/mol. The Balaban J connectivity index is -0.000000212. The van der Waals surface area contributed by atoms with Crippen LogP contribution in [-0.4, -0.2) is 24.1 Å². The maximum Gasteiger partial charge on any atom is 1.00 e. The van der Waals surface area contributed by atoms with Crippen LogP contribution < -0.4 is 34.3 Å². The summed E-state index contributed by atoms with van der Waals surface area (Å²) in [5.74, 6) is 0.994. The van der Waals surface area contributed by atoms with Gasteiger partial charge in [0.1, 0.15) is 5.75 Å². The molecule has 2 N–H and O–H groups in total. The first-order valence-corrected chi connectivity index (χ1v) is 9.21. The van der Waals surface area contributed by atoms with Crippen LogP contribution in [0.15, 0.2) is 43.5 Å². The molecule has 0 radical (unpaired) electrons. The van der Waals surface area contributed by atoms with Crippen LogP contribution >= 0.6 is 0 Å². The number of unbranched alkanes of at least 4 members (excludes halogenated alkanes) is 6. The average Bonchev–Trinajstić information content (AvgIpc) is 2.51. The Morgan fingerprint density at radius 1 is 0.958 bits per heavy atom. The number of para-hydroxylation sites is 1. The molecular formula is C17H31NaO5S. The molecule has 0 aliphatic carbocycles. The van der Waals surface area contributed by atoms with Crippen molar-refractivity contribution in [2.75, 3.05) is 6.61 Å². The smallest absolute Gasteiger partial charge is 1.00 e. The van der Waals surface area contributed by atoms with Crippen LogP contribution in [0.5, 0.6) is 5.75 Å². The van der Waals surface area contributed by atoms with Gasteiger partial charge in [0.2, 0.25) is 0 Å². The summed E-state index contributed by atoms with van der Waals surface area (Å²) in [6.07, 6.45) is 9.35. The van der Waals surface area contributed by atoms with E-state index in [0.29, 0.717) is 0 Å². The van der Waals surface area contributed by atoms with Crippen molar-refractivity contribution in [1.82, 2.24) is 0 Å². The van der Waals surface area contributed by atoms with Crippen molar-refractivity contribution < 1.29 is 53.2 Å². The summed E-state index contributed by atoms with van der Waals surface area (Å²) in [6, 6.07) is 10.1. The molecule has 0 bridgehead atoms. The molecule has 24 heavy (non-hydrogen) atoms. The fourth-order valence-electron chi connectivity index (χ4n) is 1.77. The van der Waals surface area contributed by atoms with E-state index in [9.17, 15) is 0 Å². The second-order valence-electron chi connectivity index (χ2n) is 4.73. The van der Waals surface area contributed by atoms with Crippen LogP contribution in [-0.2, 0) is 10.4 Å². The molecule has 136 valence electrons. The van der Waals surface area contributed by atoms with E-state index in [2.05, 4.69) is 20.1 Å². The number of rotatable bonds is 9. The minimum Gasteiger partial charge on any atom is -1.00 e. The Morgan fingerprint density at radius 2 is 1.38 bits per heavy atom. The van der Waals surface area contributed by atoms with Gasteiger partial charge in [-0.25, -0.2) is 0 Å². The van der Waals surface area contributed by atoms with Crippen molar-refractivity contribution in [3.8, 4) is 5.75 Å². The summed E-state index contributed by atoms with van der Waals surface area (Å²) in [5, 5.41) is 0. The van der Waals surface area contributed by atoms with E-state index in [1.165, 1.54) is 44.9 Å². The molecule has 1 aromatic carbocycles. The zero-order valence-electron chi connectivity index (χ0n) is 16.0. The van der Waals surface area contributed by atoms with Gasteiger partial charge < -0.3 is 6.16 Å². The van der Waals surface area contributed by atoms with Crippen molar-refractivity contribution in [3.05, 3.63) is 43.5 Å². The summed E-state index contributed by atoms with van der Waals surface area (Å²) < 4.78 is 37.2. The quantitative estimate of drug-likeness (QED) is 0.301. The topological polar surface area (TPSA) is 83.8 Å². The summed E-state index contributed by atoms with van der Waals surface area (Å²) in [4.78, 5) is 0.